The van der Waals surface area contributed by atoms with E-state index in [9.17, 15) is 9.59 Å². The van der Waals surface area contributed by atoms with Crippen molar-refractivity contribution in [2.45, 2.75) is 40.3 Å². The highest BCUT2D eigenvalue weighted by atomic mass is 16.2. The van der Waals surface area contributed by atoms with Gasteiger partial charge in [-0.05, 0) is 26.8 Å². The molecular formula is C18H24N8O2. The van der Waals surface area contributed by atoms with E-state index in [-0.39, 0.29) is 18.2 Å². The molecule has 0 saturated heterocycles. The number of hydrogen-bond donors (Lipinski definition) is 2. The molecule has 3 aromatic rings. The van der Waals surface area contributed by atoms with E-state index in [0.29, 0.717) is 30.2 Å². The lowest BCUT2D eigenvalue weighted by Crippen LogP contribution is -2.22. The number of rotatable bonds is 7. The molecule has 2 amide bonds. The first-order valence-electron chi connectivity index (χ1n) is 9.04. The largest absolute Gasteiger partial charge is 0.323 e. The van der Waals surface area contributed by atoms with Gasteiger partial charge in [0.25, 0.3) is 5.91 Å². The van der Waals surface area contributed by atoms with Crippen molar-refractivity contribution in [3.05, 3.63) is 41.7 Å². The summed E-state index contributed by atoms with van der Waals surface area (Å²) >= 11 is 0. The van der Waals surface area contributed by atoms with Crippen LogP contribution in [0.1, 0.15) is 35.2 Å². The lowest BCUT2D eigenvalue weighted by molar-refractivity contribution is -0.116. The smallest absolute Gasteiger partial charge is 0.276 e. The molecule has 3 rings (SSSR count). The van der Waals surface area contributed by atoms with Crippen LogP contribution in [0.5, 0.6) is 0 Å². The van der Waals surface area contributed by atoms with Crippen LogP contribution in [0.2, 0.25) is 0 Å². The minimum atomic E-state index is -0.353. The highest BCUT2D eigenvalue weighted by molar-refractivity contribution is 6.09. The summed E-state index contributed by atoms with van der Waals surface area (Å²) in [6, 6.07) is 1.88. The van der Waals surface area contributed by atoms with E-state index in [4.69, 9.17) is 0 Å². The summed E-state index contributed by atoms with van der Waals surface area (Å²) in [6.07, 6.45) is 5.01. The number of aryl methyl sites for hydroxylation is 4. The van der Waals surface area contributed by atoms with Gasteiger partial charge < -0.3 is 10.6 Å². The number of carbonyl (C=O) groups is 2. The molecule has 0 saturated carbocycles. The van der Waals surface area contributed by atoms with E-state index in [2.05, 4.69) is 25.9 Å². The molecule has 0 fully saturated rings. The summed E-state index contributed by atoms with van der Waals surface area (Å²) in [5, 5.41) is 18.1. The van der Waals surface area contributed by atoms with Crippen LogP contribution in [0.25, 0.3) is 0 Å². The Balaban J connectivity index is 1.72. The van der Waals surface area contributed by atoms with Crippen molar-refractivity contribution < 1.29 is 9.59 Å². The highest BCUT2D eigenvalue weighted by Crippen LogP contribution is 2.19. The first-order chi connectivity index (χ1) is 13.4. The summed E-state index contributed by atoms with van der Waals surface area (Å²) in [5.74, 6) is -0.564. The van der Waals surface area contributed by atoms with E-state index in [0.717, 1.165) is 11.4 Å². The summed E-state index contributed by atoms with van der Waals surface area (Å²) in [4.78, 5) is 25.2. The van der Waals surface area contributed by atoms with Gasteiger partial charge in [-0.1, -0.05) is 0 Å². The summed E-state index contributed by atoms with van der Waals surface area (Å²) in [5.41, 5.74) is 3.11. The van der Waals surface area contributed by atoms with Crippen LogP contribution in [0.15, 0.2) is 24.7 Å². The molecule has 0 unspecified atom stereocenters. The maximum atomic E-state index is 12.8. The highest BCUT2D eigenvalue weighted by Gasteiger charge is 2.21. The normalized spacial score (nSPS) is 10.9. The van der Waals surface area contributed by atoms with E-state index < -0.39 is 0 Å². The fraction of sp³-hybridized carbons (Fsp3) is 0.389. The van der Waals surface area contributed by atoms with Gasteiger partial charge in [0, 0.05) is 38.4 Å². The molecule has 10 heteroatoms. The van der Waals surface area contributed by atoms with Crippen LogP contribution < -0.4 is 10.6 Å². The standard InChI is InChI=1S/C18H24N8O2/c1-5-25-17(18(28)23-14-10-20-24(4)13(14)3)15(11-21-25)22-16(27)7-9-26-12(2)6-8-19-26/h6,8,10-11H,5,7,9H2,1-4H3,(H,22,27)(H,23,28). The molecule has 2 N–H and O–H groups in total. The van der Waals surface area contributed by atoms with Crippen LogP contribution in [0, 0.1) is 13.8 Å². The van der Waals surface area contributed by atoms with Crippen LogP contribution in [0.3, 0.4) is 0 Å². The maximum absolute atomic E-state index is 12.8. The second kappa shape index (κ2) is 8.07. The zero-order valence-corrected chi connectivity index (χ0v) is 16.4. The lowest BCUT2D eigenvalue weighted by Gasteiger charge is -2.10. The van der Waals surface area contributed by atoms with Crippen molar-refractivity contribution in [3.8, 4) is 0 Å². The summed E-state index contributed by atoms with van der Waals surface area (Å²) in [7, 11) is 1.80. The number of aromatic nitrogens is 6. The number of hydrogen-bond acceptors (Lipinski definition) is 5. The molecule has 0 radical (unpaired) electrons. The molecule has 0 aromatic carbocycles. The van der Waals surface area contributed by atoms with Crippen molar-refractivity contribution in [2.75, 3.05) is 10.6 Å². The predicted molar refractivity (Wildman–Crippen MR) is 104 cm³/mol. The number of amides is 2. The molecule has 0 aliphatic carbocycles. The van der Waals surface area contributed by atoms with Crippen LogP contribution in [0.4, 0.5) is 11.4 Å². The molecule has 3 aromatic heterocycles. The van der Waals surface area contributed by atoms with Gasteiger partial charge >= 0.3 is 0 Å². The lowest BCUT2D eigenvalue weighted by atomic mass is 10.3. The van der Waals surface area contributed by atoms with Crippen LogP contribution in [-0.2, 0) is 24.9 Å². The Labute approximate surface area is 162 Å². The molecule has 10 nitrogen and oxygen atoms in total. The van der Waals surface area contributed by atoms with Gasteiger partial charge in [0.15, 0.2) is 0 Å². The zero-order valence-electron chi connectivity index (χ0n) is 16.4. The molecule has 0 bridgehead atoms. The van der Waals surface area contributed by atoms with Crippen molar-refractivity contribution in [1.29, 1.82) is 0 Å². The molecule has 28 heavy (non-hydrogen) atoms. The minimum absolute atomic E-state index is 0.211. The van der Waals surface area contributed by atoms with Crippen molar-refractivity contribution in [3.63, 3.8) is 0 Å². The first-order valence-corrected chi connectivity index (χ1v) is 9.04. The van der Waals surface area contributed by atoms with Gasteiger partial charge in [-0.25, -0.2) is 0 Å². The third kappa shape index (κ3) is 3.95. The topological polar surface area (TPSA) is 112 Å². The van der Waals surface area contributed by atoms with Crippen molar-refractivity contribution in [2.24, 2.45) is 7.05 Å². The SMILES string of the molecule is CCn1ncc(NC(=O)CCn2nccc2C)c1C(=O)Nc1cnn(C)c1C. The molecule has 148 valence electrons. The summed E-state index contributed by atoms with van der Waals surface area (Å²) in [6.45, 7) is 6.63. The van der Waals surface area contributed by atoms with E-state index in [1.165, 1.54) is 6.20 Å². The number of nitrogens with zero attached hydrogens (tertiary/aromatic N) is 6. The van der Waals surface area contributed by atoms with E-state index in [1.807, 2.05) is 26.8 Å². The van der Waals surface area contributed by atoms with E-state index in [1.54, 1.807) is 33.5 Å². The number of nitrogens with one attached hydrogen (secondary N) is 2. The fourth-order valence-electron chi connectivity index (χ4n) is 2.81. The Hall–Kier alpha value is -3.43. The quantitative estimate of drug-likeness (QED) is 0.644. The van der Waals surface area contributed by atoms with Gasteiger partial charge in [0.05, 0.1) is 29.5 Å². The van der Waals surface area contributed by atoms with Crippen LogP contribution >= 0.6 is 0 Å². The Kier molecular flexibility index (Phi) is 5.57. The maximum Gasteiger partial charge on any atom is 0.276 e. The van der Waals surface area contributed by atoms with Gasteiger partial charge in [0.2, 0.25) is 5.91 Å². The molecule has 0 aliphatic rings. The van der Waals surface area contributed by atoms with Gasteiger partial charge in [-0.3, -0.25) is 23.6 Å². The number of carbonyl (C=O) groups excluding carboxylic acids is 2. The van der Waals surface area contributed by atoms with Gasteiger partial charge in [0.1, 0.15) is 5.69 Å². The zero-order chi connectivity index (χ0) is 20.3. The third-order valence-corrected chi connectivity index (χ3v) is 4.59. The second-order valence-corrected chi connectivity index (χ2v) is 6.44. The third-order valence-electron chi connectivity index (χ3n) is 4.59. The average Bonchev–Trinajstić information content (AvgIpc) is 3.35. The molecule has 0 aliphatic heterocycles. The minimum Gasteiger partial charge on any atom is -0.323 e. The van der Waals surface area contributed by atoms with Gasteiger partial charge in [-0.2, -0.15) is 15.3 Å². The van der Waals surface area contributed by atoms with Gasteiger partial charge in [-0.15, -0.1) is 0 Å². The predicted octanol–water partition coefficient (Wildman–Crippen LogP) is 1.73. The fourth-order valence-corrected chi connectivity index (χ4v) is 2.81. The second-order valence-electron chi connectivity index (χ2n) is 6.44. The summed E-state index contributed by atoms with van der Waals surface area (Å²) < 4.78 is 4.98. The Morgan fingerprint density at radius 1 is 1.04 bits per heavy atom. The average molecular weight is 384 g/mol. The molecule has 3 heterocycles. The molecular weight excluding hydrogens is 360 g/mol. The molecule has 0 atom stereocenters. The number of anilines is 2. The monoisotopic (exact) mass is 384 g/mol. The van der Waals surface area contributed by atoms with Crippen molar-refractivity contribution >= 4 is 23.2 Å². The Bertz CT molecular complexity index is 997. The Morgan fingerprint density at radius 2 is 1.79 bits per heavy atom. The Morgan fingerprint density at radius 3 is 2.39 bits per heavy atom. The van der Waals surface area contributed by atoms with E-state index >= 15 is 0 Å². The van der Waals surface area contributed by atoms with Crippen LogP contribution in [-0.4, -0.2) is 41.2 Å². The van der Waals surface area contributed by atoms with Crippen molar-refractivity contribution in [1.82, 2.24) is 29.3 Å². The molecule has 0 spiro atoms. The first kappa shape index (κ1) is 19.3.